The molecule has 0 spiro atoms. The number of carbonyl (C=O) groups excluding carboxylic acids is 1. The molecule has 0 unspecified atom stereocenters. The van der Waals surface area contributed by atoms with E-state index in [1.807, 2.05) is 39.7 Å². The second-order valence-corrected chi connectivity index (χ2v) is 8.60. The molecule has 0 atom stereocenters. The van der Waals surface area contributed by atoms with Gasteiger partial charge >= 0.3 is 0 Å². The second-order valence-electron chi connectivity index (χ2n) is 8.23. The first-order valence-electron chi connectivity index (χ1n) is 10.8. The van der Waals surface area contributed by atoms with E-state index < -0.39 is 0 Å². The fourth-order valence-electron chi connectivity index (χ4n) is 4.39. The summed E-state index contributed by atoms with van der Waals surface area (Å²) < 4.78 is 4.50. The van der Waals surface area contributed by atoms with E-state index in [1.165, 1.54) is 19.3 Å². The first-order chi connectivity index (χ1) is 14.2. The third kappa shape index (κ3) is 5.11. The normalized spacial score (nSPS) is 19.3. The molecule has 1 aliphatic heterocycles. The Morgan fingerprint density at radius 2 is 1.76 bits per heavy atom. The van der Waals surface area contributed by atoms with Crippen LogP contribution in [0, 0.1) is 10.7 Å². The van der Waals surface area contributed by atoms with Crippen LogP contribution in [0.5, 0.6) is 0 Å². The minimum absolute atomic E-state index is 0.0841. The van der Waals surface area contributed by atoms with Gasteiger partial charge in [0.25, 0.3) is 0 Å². The number of nitrogens with zero attached hydrogens (tertiary/aromatic N) is 5. The van der Waals surface area contributed by atoms with Gasteiger partial charge in [0.1, 0.15) is 0 Å². The van der Waals surface area contributed by atoms with Gasteiger partial charge in [-0.3, -0.25) is 9.69 Å². The molecule has 2 fully saturated rings. The summed E-state index contributed by atoms with van der Waals surface area (Å²) in [7, 11) is 0. The van der Waals surface area contributed by atoms with E-state index in [0.717, 1.165) is 49.1 Å². The summed E-state index contributed by atoms with van der Waals surface area (Å²) >= 11 is 5.63. The Bertz CT molecular complexity index is 850. The third-order valence-corrected chi connectivity index (χ3v) is 6.58. The highest BCUT2D eigenvalue weighted by atomic mass is 32.1. The quantitative estimate of drug-likeness (QED) is 0.735. The minimum Gasteiger partial charge on any atom is -0.352 e. The highest BCUT2D eigenvalue weighted by molar-refractivity contribution is 7.71. The van der Waals surface area contributed by atoms with Gasteiger partial charge in [-0.2, -0.15) is 0 Å². The van der Waals surface area contributed by atoms with Crippen LogP contribution in [0.1, 0.15) is 56.6 Å². The van der Waals surface area contributed by atoms with Gasteiger partial charge in [0.05, 0.1) is 12.7 Å². The van der Waals surface area contributed by atoms with Crippen LogP contribution in [0.3, 0.4) is 0 Å². The van der Waals surface area contributed by atoms with E-state index in [0.29, 0.717) is 19.3 Å². The molecule has 2 heterocycles. The molecule has 2 aromatic rings. The van der Waals surface area contributed by atoms with E-state index >= 15 is 0 Å². The van der Waals surface area contributed by atoms with Crippen molar-refractivity contribution in [3.8, 4) is 0 Å². The predicted octanol–water partition coefficient (Wildman–Crippen LogP) is 3.30. The highest BCUT2D eigenvalue weighted by Gasteiger charge is 2.26. The minimum atomic E-state index is 0.0841. The van der Waals surface area contributed by atoms with Crippen molar-refractivity contribution in [2.45, 2.75) is 64.2 Å². The van der Waals surface area contributed by atoms with E-state index in [2.05, 4.69) is 20.6 Å². The smallest absolute Gasteiger partial charge is 0.223 e. The Kier molecular flexibility index (Phi) is 6.71. The maximum absolute atomic E-state index is 12.5. The van der Waals surface area contributed by atoms with Gasteiger partial charge in [0.2, 0.25) is 10.7 Å². The van der Waals surface area contributed by atoms with Crippen molar-refractivity contribution in [2.75, 3.05) is 13.1 Å². The van der Waals surface area contributed by atoms with E-state index in [9.17, 15) is 4.79 Å². The van der Waals surface area contributed by atoms with Gasteiger partial charge in [-0.15, -0.1) is 0 Å². The summed E-state index contributed by atoms with van der Waals surface area (Å²) in [6.45, 7) is 3.01. The summed E-state index contributed by atoms with van der Waals surface area (Å²) in [5.41, 5.74) is 1.13. The average molecular weight is 415 g/mol. The largest absolute Gasteiger partial charge is 0.352 e. The number of hydrogen-bond acceptors (Lipinski definition) is 5. The number of hydrogen-bond donors (Lipinski definition) is 1. The van der Waals surface area contributed by atoms with Crippen molar-refractivity contribution >= 4 is 18.1 Å². The summed E-state index contributed by atoms with van der Waals surface area (Å²) in [5.74, 6) is 0.245. The number of tetrazole rings is 1. The van der Waals surface area contributed by atoms with Crippen LogP contribution < -0.4 is 5.32 Å². The van der Waals surface area contributed by atoms with Crippen molar-refractivity contribution in [2.24, 2.45) is 5.92 Å². The van der Waals surface area contributed by atoms with Gasteiger partial charge < -0.3 is 5.32 Å². The van der Waals surface area contributed by atoms with Crippen LogP contribution in [0.2, 0.25) is 0 Å². The van der Waals surface area contributed by atoms with Crippen LogP contribution in [0.15, 0.2) is 30.3 Å². The van der Waals surface area contributed by atoms with Crippen LogP contribution in [0.25, 0.3) is 0 Å². The van der Waals surface area contributed by atoms with Crippen molar-refractivity contribution in [3.05, 3.63) is 40.7 Å². The molecule has 0 radical (unpaired) electrons. The number of nitrogens with one attached hydrogen (secondary N) is 1. The first-order valence-corrected chi connectivity index (χ1v) is 11.2. The van der Waals surface area contributed by atoms with Crippen LogP contribution >= 0.6 is 12.2 Å². The highest BCUT2D eigenvalue weighted by Crippen LogP contribution is 2.27. The molecule has 4 rings (SSSR count). The molecule has 8 heteroatoms. The molecule has 29 heavy (non-hydrogen) atoms. The van der Waals surface area contributed by atoms with Gasteiger partial charge in [-0.1, -0.05) is 49.6 Å². The van der Waals surface area contributed by atoms with E-state index in [1.54, 1.807) is 0 Å². The SMILES string of the molecule is O=C(NCc1ccccc1)C1CCN(Cn2nnn(C3CCCCC3)c2=S)CC1. The Balaban J connectivity index is 1.25. The molecule has 1 saturated heterocycles. The van der Waals surface area contributed by atoms with Crippen molar-refractivity contribution in [1.29, 1.82) is 0 Å². The molecule has 0 bridgehead atoms. The monoisotopic (exact) mass is 414 g/mol. The number of aromatic nitrogens is 4. The lowest BCUT2D eigenvalue weighted by molar-refractivity contribution is -0.126. The summed E-state index contributed by atoms with van der Waals surface area (Å²) in [4.78, 5) is 14.8. The third-order valence-electron chi connectivity index (χ3n) is 6.18. The standard InChI is InChI=1S/C21H30N6OS/c28-20(22-15-17-7-3-1-4-8-17)18-11-13-25(14-12-18)16-26-21(29)27(24-23-26)19-9-5-2-6-10-19/h1,3-4,7-8,18-19H,2,5-6,9-16H2,(H,22,28). The number of benzene rings is 1. The molecule has 1 aromatic carbocycles. The summed E-state index contributed by atoms with van der Waals surface area (Å²) in [6.07, 6.45) is 7.84. The molecule has 1 saturated carbocycles. The van der Waals surface area contributed by atoms with Crippen LogP contribution in [-0.4, -0.2) is 43.7 Å². The zero-order valence-corrected chi connectivity index (χ0v) is 17.7. The maximum Gasteiger partial charge on any atom is 0.223 e. The fraction of sp³-hybridized carbons (Fsp3) is 0.619. The number of rotatable bonds is 6. The van der Waals surface area contributed by atoms with Crippen LogP contribution in [-0.2, 0) is 18.0 Å². The lowest BCUT2D eigenvalue weighted by atomic mass is 9.96. The number of piperidine rings is 1. The molecule has 7 nitrogen and oxygen atoms in total. The lowest BCUT2D eigenvalue weighted by Crippen LogP contribution is -2.41. The van der Waals surface area contributed by atoms with Gasteiger partial charge in [-0.05, 0) is 53.9 Å². The van der Waals surface area contributed by atoms with Crippen LogP contribution in [0.4, 0.5) is 0 Å². The molecule has 1 N–H and O–H groups in total. The average Bonchev–Trinajstić information content (AvgIpc) is 3.14. The van der Waals surface area contributed by atoms with Crippen molar-refractivity contribution < 1.29 is 4.79 Å². The summed E-state index contributed by atoms with van der Waals surface area (Å²) in [5, 5.41) is 11.7. The van der Waals surface area contributed by atoms with Gasteiger partial charge in [0.15, 0.2) is 0 Å². The second kappa shape index (κ2) is 9.63. The lowest BCUT2D eigenvalue weighted by Gasteiger charge is -2.30. The zero-order chi connectivity index (χ0) is 20.1. The number of likely N-dealkylation sites (tertiary alicyclic amines) is 1. The van der Waals surface area contributed by atoms with Crippen molar-refractivity contribution in [3.63, 3.8) is 0 Å². The van der Waals surface area contributed by atoms with Gasteiger partial charge in [0, 0.05) is 25.6 Å². The fourth-order valence-corrected chi connectivity index (χ4v) is 4.66. The van der Waals surface area contributed by atoms with E-state index in [-0.39, 0.29) is 11.8 Å². The van der Waals surface area contributed by atoms with Crippen molar-refractivity contribution in [1.82, 2.24) is 30.0 Å². The number of amides is 1. The predicted molar refractivity (Wildman–Crippen MR) is 114 cm³/mol. The molecular weight excluding hydrogens is 384 g/mol. The Hall–Kier alpha value is -2.06. The van der Waals surface area contributed by atoms with Gasteiger partial charge in [-0.25, -0.2) is 9.36 Å². The molecule has 1 aromatic heterocycles. The Labute approximate surface area is 177 Å². The Morgan fingerprint density at radius 3 is 2.48 bits per heavy atom. The topological polar surface area (TPSA) is 68.0 Å². The molecule has 1 amide bonds. The summed E-state index contributed by atoms with van der Waals surface area (Å²) in [6, 6.07) is 10.5. The molecule has 156 valence electrons. The zero-order valence-electron chi connectivity index (χ0n) is 16.9. The Morgan fingerprint density at radius 1 is 1.03 bits per heavy atom. The number of carbonyl (C=O) groups is 1. The molecule has 2 aliphatic rings. The first kappa shape index (κ1) is 20.2. The van der Waals surface area contributed by atoms with E-state index in [4.69, 9.17) is 12.2 Å². The maximum atomic E-state index is 12.5. The molecular formula is C21H30N6OS. The molecule has 1 aliphatic carbocycles.